The van der Waals surface area contributed by atoms with E-state index in [4.69, 9.17) is 11.6 Å². The van der Waals surface area contributed by atoms with Crippen molar-refractivity contribution in [1.29, 1.82) is 0 Å². The lowest BCUT2D eigenvalue weighted by molar-refractivity contribution is -0.125. The van der Waals surface area contributed by atoms with Gasteiger partial charge in [-0.15, -0.1) is 0 Å². The number of hydrogen-bond donors (Lipinski definition) is 2. The van der Waals surface area contributed by atoms with Gasteiger partial charge in [0.1, 0.15) is 5.82 Å². The summed E-state index contributed by atoms with van der Waals surface area (Å²) in [5.74, 6) is 0.621. The third-order valence-corrected chi connectivity index (χ3v) is 4.60. The summed E-state index contributed by atoms with van der Waals surface area (Å²) in [6.45, 7) is 1.65. The van der Waals surface area contributed by atoms with E-state index in [0.29, 0.717) is 17.1 Å². The molecule has 1 fully saturated rings. The van der Waals surface area contributed by atoms with Crippen molar-refractivity contribution in [3.8, 4) is 0 Å². The second-order valence-corrected chi connectivity index (χ2v) is 6.60. The van der Waals surface area contributed by atoms with Crippen molar-refractivity contribution in [2.45, 2.75) is 18.9 Å². The summed E-state index contributed by atoms with van der Waals surface area (Å²) in [6, 6.07) is 7.02. The lowest BCUT2D eigenvalue weighted by atomic mass is 9.97. The van der Waals surface area contributed by atoms with E-state index in [1.165, 1.54) is 0 Å². The van der Waals surface area contributed by atoms with Gasteiger partial charge >= 0.3 is 0 Å². The Hall–Kier alpha value is -2.18. The van der Waals surface area contributed by atoms with E-state index in [1.54, 1.807) is 42.9 Å². The maximum absolute atomic E-state index is 12.5. The van der Waals surface area contributed by atoms with Crippen LogP contribution in [0.25, 0.3) is 0 Å². The number of aliphatic hydroxyl groups excluding tert-OH is 1. The molecule has 2 atom stereocenters. The van der Waals surface area contributed by atoms with Crippen LogP contribution in [0.1, 0.15) is 24.5 Å². The average molecular weight is 361 g/mol. The second-order valence-electron chi connectivity index (χ2n) is 6.16. The topological polar surface area (TPSA) is 78.4 Å². The van der Waals surface area contributed by atoms with Crippen molar-refractivity contribution in [3.63, 3.8) is 0 Å². The van der Waals surface area contributed by atoms with Crippen LogP contribution in [0.3, 0.4) is 0 Å². The Morgan fingerprint density at radius 3 is 3.08 bits per heavy atom. The van der Waals surface area contributed by atoms with Gasteiger partial charge in [0, 0.05) is 37.1 Å². The van der Waals surface area contributed by atoms with Gasteiger partial charge in [0.25, 0.3) is 0 Å². The molecule has 132 valence electrons. The molecule has 1 amide bonds. The molecule has 1 aliphatic rings. The van der Waals surface area contributed by atoms with E-state index in [9.17, 15) is 9.90 Å². The van der Waals surface area contributed by atoms with Gasteiger partial charge < -0.3 is 15.3 Å². The fraction of sp³-hybridized carbons (Fsp3) is 0.389. The number of rotatable bonds is 5. The molecule has 2 aromatic rings. The Labute approximate surface area is 151 Å². The van der Waals surface area contributed by atoms with Gasteiger partial charge in [-0.2, -0.15) is 0 Å². The molecule has 25 heavy (non-hydrogen) atoms. The summed E-state index contributed by atoms with van der Waals surface area (Å²) in [6.07, 6.45) is 5.97. The minimum absolute atomic E-state index is 0.0466. The highest BCUT2D eigenvalue weighted by Crippen LogP contribution is 2.21. The number of aliphatic hydroxyl groups is 1. The maximum Gasteiger partial charge on any atom is 0.225 e. The minimum atomic E-state index is -0.776. The molecule has 0 saturated carbocycles. The summed E-state index contributed by atoms with van der Waals surface area (Å²) in [4.78, 5) is 22.9. The van der Waals surface area contributed by atoms with Gasteiger partial charge in [-0.3, -0.25) is 9.78 Å². The number of benzene rings is 1. The molecular formula is C18H21ClN4O2. The molecule has 6 nitrogen and oxygen atoms in total. The van der Waals surface area contributed by atoms with Gasteiger partial charge in [-0.1, -0.05) is 23.7 Å². The van der Waals surface area contributed by atoms with Gasteiger partial charge in [-0.05, 0) is 30.5 Å². The van der Waals surface area contributed by atoms with Crippen molar-refractivity contribution in [1.82, 2.24) is 15.3 Å². The van der Waals surface area contributed by atoms with E-state index in [0.717, 1.165) is 25.2 Å². The fourth-order valence-electron chi connectivity index (χ4n) is 3.03. The van der Waals surface area contributed by atoms with Crippen LogP contribution in [-0.2, 0) is 4.79 Å². The predicted molar refractivity (Wildman–Crippen MR) is 96.4 cm³/mol. The zero-order chi connectivity index (χ0) is 17.6. The summed E-state index contributed by atoms with van der Waals surface area (Å²) >= 11 is 5.93. The smallest absolute Gasteiger partial charge is 0.225 e. The SMILES string of the molecule is O=C(NC[C@H](O)c1cccc(Cl)c1)[C@@H]1CCCN(c2cnccn2)C1. The fourth-order valence-corrected chi connectivity index (χ4v) is 3.23. The summed E-state index contributed by atoms with van der Waals surface area (Å²) < 4.78 is 0. The third-order valence-electron chi connectivity index (χ3n) is 4.37. The first kappa shape index (κ1) is 17.6. The standard InChI is InChI=1S/C18H21ClN4O2/c19-15-5-1-3-13(9-15)16(24)10-22-18(25)14-4-2-8-23(12-14)17-11-20-6-7-21-17/h1,3,5-7,9,11,14,16,24H,2,4,8,10,12H2,(H,22,25)/t14-,16+/m1/s1. The van der Waals surface area contributed by atoms with E-state index in [-0.39, 0.29) is 18.4 Å². The number of halogens is 1. The van der Waals surface area contributed by atoms with Crippen LogP contribution in [0.5, 0.6) is 0 Å². The van der Waals surface area contributed by atoms with Crippen LogP contribution in [-0.4, -0.2) is 40.6 Å². The first-order chi connectivity index (χ1) is 12.1. The number of piperidine rings is 1. The zero-order valence-corrected chi connectivity index (χ0v) is 14.6. The highest BCUT2D eigenvalue weighted by atomic mass is 35.5. The van der Waals surface area contributed by atoms with Crippen molar-refractivity contribution in [2.75, 3.05) is 24.5 Å². The van der Waals surface area contributed by atoms with E-state index < -0.39 is 6.10 Å². The number of hydrogen-bond acceptors (Lipinski definition) is 5. The molecule has 2 heterocycles. The molecule has 7 heteroatoms. The minimum Gasteiger partial charge on any atom is -0.387 e. The van der Waals surface area contributed by atoms with Gasteiger partial charge in [-0.25, -0.2) is 4.98 Å². The van der Waals surface area contributed by atoms with E-state index >= 15 is 0 Å². The quantitative estimate of drug-likeness (QED) is 0.854. The second kappa shape index (κ2) is 8.27. The van der Waals surface area contributed by atoms with Crippen LogP contribution >= 0.6 is 11.6 Å². The Bertz CT molecular complexity index is 713. The van der Waals surface area contributed by atoms with Crippen molar-refractivity contribution in [3.05, 3.63) is 53.4 Å². The first-order valence-corrected chi connectivity index (χ1v) is 8.73. The highest BCUT2D eigenvalue weighted by Gasteiger charge is 2.26. The molecule has 2 N–H and O–H groups in total. The number of amides is 1. The molecular weight excluding hydrogens is 340 g/mol. The van der Waals surface area contributed by atoms with Crippen LogP contribution < -0.4 is 10.2 Å². The summed E-state index contributed by atoms with van der Waals surface area (Å²) in [5.41, 5.74) is 0.692. The third kappa shape index (κ3) is 4.67. The summed E-state index contributed by atoms with van der Waals surface area (Å²) in [7, 11) is 0. The largest absolute Gasteiger partial charge is 0.387 e. The Morgan fingerprint density at radius 2 is 2.32 bits per heavy atom. The maximum atomic E-state index is 12.5. The number of carbonyl (C=O) groups is 1. The zero-order valence-electron chi connectivity index (χ0n) is 13.8. The number of nitrogens with zero attached hydrogens (tertiary/aromatic N) is 3. The molecule has 1 saturated heterocycles. The monoisotopic (exact) mass is 360 g/mol. The van der Waals surface area contributed by atoms with Crippen LogP contribution in [0.15, 0.2) is 42.9 Å². The predicted octanol–water partition coefficient (Wildman–Crippen LogP) is 2.20. The highest BCUT2D eigenvalue weighted by molar-refractivity contribution is 6.30. The van der Waals surface area contributed by atoms with Crippen molar-refractivity contribution in [2.24, 2.45) is 5.92 Å². The normalized spacial score (nSPS) is 18.6. The Morgan fingerprint density at radius 1 is 1.44 bits per heavy atom. The lowest BCUT2D eigenvalue weighted by Gasteiger charge is -2.32. The Balaban J connectivity index is 1.54. The summed E-state index contributed by atoms with van der Waals surface area (Å²) in [5, 5.41) is 13.6. The van der Waals surface area contributed by atoms with Gasteiger partial charge in [0.15, 0.2) is 0 Å². The molecule has 0 spiro atoms. The first-order valence-electron chi connectivity index (χ1n) is 8.35. The Kier molecular flexibility index (Phi) is 5.83. The number of aromatic nitrogens is 2. The number of carbonyl (C=O) groups excluding carboxylic acids is 1. The van der Waals surface area contributed by atoms with Crippen molar-refractivity contribution >= 4 is 23.3 Å². The van der Waals surface area contributed by atoms with Gasteiger partial charge in [0.2, 0.25) is 5.91 Å². The van der Waals surface area contributed by atoms with Crippen molar-refractivity contribution < 1.29 is 9.90 Å². The molecule has 0 radical (unpaired) electrons. The molecule has 1 aromatic heterocycles. The van der Waals surface area contributed by atoms with E-state index in [2.05, 4.69) is 20.2 Å². The number of nitrogens with one attached hydrogen (secondary N) is 1. The lowest BCUT2D eigenvalue weighted by Crippen LogP contribution is -2.44. The van der Waals surface area contributed by atoms with Gasteiger partial charge in [0.05, 0.1) is 18.2 Å². The molecule has 3 rings (SSSR count). The number of anilines is 1. The van der Waals surface area contributed by atoms with Crippen LogP contribution in [0, 0.1) is 5.92 Å². The van der Waals surface area contributed by atoms with Crippen LogP contribution in [0.2, 0.25) is 5.02 Å². The molecule has 0 unspecified atom stereocenters. The molecule has 0 aliphatic carbocycles. The average Bonchev–Trinajstić information content (AvgIpc) is 2.66. The van der Waals surface area contributed by atoms with Crippen LogP contribution in [0.4, 0.5) is 5.82 Å². The molecule has 0 bridgehead atoms. The molecule has 1 aliphatic heterocycles. The van der Waals surface area contributed by atoms with E-state index in [1.807, 2.05) is 0 Å². The molecule has 1 aromatic carbocycles.